The Balaban J connectivity index is 1.33. The van der Waals surface area contributed by atoms with Gasteiger partial charge in [0, 0.05) is 51.0 Å². The molecule has 7 heteroatoms. The number of rotatable bonds is 4. The number of ether oxygens (including phenoxy) is 2. The van der Waals surface area contributed by atoms with Crippen LogP contribution in [0.2, 0.25) is 0 Å². The summed E-state index contributed by atoms with van der Waals surface area (Å²) in [7, 11) is 0. The molecular formula is C21H26N4O3. The highest BCUT2D eigenvalue weighted by molar-refractivity contribution is 5.86. The summed E-state index contributed by atoms with van der Waals surface area (Å²) in [4.78, 5) is 13.3. The number of benzene rings is 1. The van der Waals surface area contributed by atoms with E-state index in [-0.39, 0.29) is 24.5 Å². The van der Waals surface area contributed by atoms with Crippen molar-refractivity contribution in [3.63, 3.8) is 0 Å². The lowest BCUT2D eigenvalue weighted by Gasteiger charge is -2.39. The fourth-order valence-corrected chi connectivity index (χ4v) is 4.46. The second-order valence-electron chi connectivity index (χ2n) is 7.64. The summed E-state index contributed by atoms with van der Waals surface area (Å²) in [6.45, 7) is 4.90. The first-order valence-electron chi connectivity index (χ1n) is 10.1. The molecule has 28 heavy (non-hydrogen) atoms. The quantitative estimate of drug-likeness (QED) is 0.866. The fourth-order valence-electron chi connectivity index (χ4n) is 4.46. The molecule has 4 heterocycles. The fraction of sp³-hybridized carbons (Fsp3) is 0.476. The third kappa shape index (κ3) is 3.30. The molecule has 2 saturated heterocycles. The average Bonchev–Trinajstić information content (AvgIpc) is 3.43. The van der Waals surface area contributed by atoms with Crippen LogP contribution in [-0.2, 0) is 4.79 Å². The second-order valence-corrected chi connectivity index (χ2v) is 7.64. The number of carbonyl (C=O) groups excluding carboxylic acids is 1. The Morgan fingerprint density at radius 3 is 2.57 bits per heavy atom. The minimum absolute atomic E-state index is 0.0684. The van der Waals surface area contributed by atoms with Crippen molar-refractivity contribution in [1.29, 1.82) is 0 Å². The van der Waals surface area contributed by atoms with E-state index >= 15 is 0 Å². The van der Waals surface area contributed by atoms with E-state index in [0.717, 1.165) is 39.1 Å². The number of ketones is 1. The van der Waals surface area contributed by atoms with E-state index in [1.54, 1.807) is 0 Å². The molecule has 1 aromatic carbocycles. The van der Waals surface area contributed by atoms with Crippen LogP contribution in [0.1, 0.15) is 12.6 Å². The normalized spacial score (nSPS) is 28.4. The van der Waals surface area contributed by atoms with Gasteiger partial charge in [-0.25, -0.2) is 10.0 Å². The molecule has 2 aromatic rings. The van der Waals surface area contributed by atoms with Gasteiger partial charge in [0.05, 0.1) is 6.17 Å². The van der Waals surface area contributed by atoms with Gasteiger partial charge in [0.15, 0.2) is 23.4 Å². The highest BCUT2D eigenvalue weighted by atomic mass is 16.6. The van der Waals surface area contributed by atoms with E-state index in [2.05, 4.69) is 32.3 Å². The smallest absolute Gasteiger partial charge is 0.191 e. The van der Waals surface area contributed by atoms with Gasteiger partial charge in [-0.05, 0) is 30.7 Å². The summed E-state index contributed by atoms with van der Waals surface area (Å²) in [5.74, 6) is 1.45. The Hall–Kier alpha value is -2.35. The number of carbonyl (C=O) groups is 1. The largest absolute Gasteiger partial charge is 0.485 e. The Morgan fingerprint density at radius 1 is 1.04 bits per heavy atom. The van der Waals surface area contributed by atoms with Crippen molar-refractivity contribution >= 4 is 5.78 Å². The molecule has 0 radical (unpaired) electrons. The van der Waals surface area contributed by atoms with Crippen LogP contribution in [0.3, 0.4) is 0 Å². The monoisotopic (exact) mass is 382 g/mol. The molecule has 0 saturated carbocycles. The first-order chi connectivity index (χ1) is 13.8. The SMILES string of the molecule is O=C(C1CC(n2cccc2)N(N2CCNCC2)C1)C1COc2ccccc2O1. The van der Waals surface area contributed by atoms with Gasteiger partial charge in [0.25, 0.3) is 0 Å². The number of nitrogens with zero attached hydrogens (tertiary/aromatic N) is 3. The number of para-hydroxylation sites is 2. The summed E-state index contributed by atoms with van der Waals surface area (Å²) >= 11 is 0. The molecule has 3 aliphatic rings. The Morgan fingerprint density at radius 2 is 1.79 bits per heavy atom. The van der Waals surface area contributed by atoms with Gasteiger partial charge >= 0.3 is 0 Å². The zero-order valence-electron chi connectivity index (χ0n) is 15.9. The highest BCUT2D eigenvalue weighted by Crippen LogP contribution is 2.36. The van der Waals surface area contributed by atoms with Crippen molar-refractivity contribution in [3.8, 4) is 11.5 Å². The van der Waals surface area contributed by atoms with Crippen LogP contribution < -0.4 is 14.8 Å². The van der Waals surface area contributed by atoms with Crippen molar-refractivity contribution in [2.75, 3.05) is 39.3 Å². The molecule has 1 N–H and O–H groups in total. The van der Waals surface area contributed by atoms with Gasteiger partial charge in [-0.3, -0.25) is 4.79 Å². The molecular weight excluding hydrogens is 356 g/mol. The van der Waals surface area contributed by atoms with E-state index in [0.29, 0.717) is 11.5 Å². The molecule has 0 bridgehead atoms. The van der Waals surface area contributed by atoms with Crippen molar-refractivity contribution in [1.82, 2.24) is 19.9 Å². The van der Waals surface area contributed by atoms with Crippen molar-refractivity contribution < 1.29 is 14.3 Å². The molecule has 0 amide bonds. The van der Waals surface area contributed by atoms with Gasteiger partial charge in [-0.2, -0.15) is 0 Å². The van der Waals surface area contributed by atoms with Crippen LogP contribution >= 0.6 is 0 Å². The van der Waals surface area contributed by atoms with E-state index in [9.17, 15) is 4.79 Å². The topological polar surface area (TPSA) is 59.0 Å². The second kappa shape index (κ2) is 7.58. The minimum Gasteiger partial charge on any atom is -0.485 e. The molecule has 3 atom stereocenters. The molecule has 2 fully saturated rings. The molecule has 0 aliphatic carbocycles. The predicted octanol–water partition coefficient (Wildman–Crippen LogP) is 1.54. The minimum atomic E-state index is -0.534. The number of piperazine rings is 1. The lowest BCUT2D eigenvalue weighted by molar-refractivity contribution is -0.132. The van der Waals surface area contributed by atoms with Crippen LogP contribution in [0.5, 0.6) is 11.5 Å². The van der Waals surface area contributed by atoms with Gasteiger partial charge in [0.1, 0.15) is 6.61 Å². The van der Waals surface area contributed by atoms with Gasteiger partial charge in [-0.15, -0.1) is 0 Å². The maximum Gasteiger partial charge on any atom is 0.191 e. The lowest BCUT2D eigenvalue weighted by Crippen LogP contribution is -2.53. The van der Waals surface area contributed by atoms with Crippen molar-refractivity contribution in [2.45, 2.75) is 18.7 Å². The number of aromatic nitrogens is 1. The van der Waals surface area contributed by atoms with Crippen LogP contribution in [0.15, 0.2) is 48.8 Å². The van der Waals surface area contributed by atoms with Crippen LogP contribution in [0, 0.1) is 5.92 Å². The van der Waals surface area contributed by atoms with Crippen molar-refractivity contribution in [2.24, 2.45) is 5.92 Å². The summed E-state index contributed by atoms with van der Waals surface area (Å²) < 4.78 is 14.0. The van der Waals surface area contributed by atoms with Crippen LogP contribution in [0.4, 0.5) is 0 Å². The average molecular weight is 382 g/mol. The number of fused-ring (bicyclic) bond motifs is 1. The maximum atomic E-state index is 13.3. The highest BCUT2D eigenvalue weighted by Gasteiger charge is 2.43. The first kappa shape index (κ1) is 17.7. The molecule has 148 valence electrons. The Labute approximate surface area is 164 Å². The number of Topliss-reactive ketones (excluding diaryl/α,β-unsaturated/α-hetero) is 1. The zero-order valence-corrected chi connectivity index (χ0v) is 15.9. The van der Waals surface area contributed by atoms with E-state index in [1.165, 1.54) is 0 Å². The molecule has 3 aliphatic heterocycles. The maximum absolute atomic E-state index is 13.3. The van der Waals surface area contributed by atoms with Crippen LogP contribution in [-0.4, -0.2) is 65.8 Å². The van der Waals surface area contributed by atoms with Crippen LogP contribution in [0.25, 0.3) is 0 Å². The predicted molar refractivity (Wildman–Crippen MR) is 104 cm³/mol. The molecule has 0 spiro atoms. The molecule has 1 aromatic heterocycles. The Kier molecular flexibility index (Phi) is 4.80. The van der Waals surface area contributed by atoms with E-state index in [1.807, 2.05) is 36.4 Å². The van der Waals surface area contributed by atoms with Gasteiger partial charge in [0.2, 0.25) is 0 Å². The summed E-state index contributed by atoms with van der Waals surface area (Å²) in [6, 6.07) is 11.6. The van der Waals surface area contributed by atoms with E-state index in [4.69, 9.17) is 9.47 Å². The third-order valence-electron chi connectivity index (χ3n) is 5.90. The summed E-state index contributed by atoms with van der Waals surface area (Å²) in [5.41, 5.74) is 0. The standard InChI is InChI=1S/C21H26N4O3/c26-21(19-15-27-17-5-1-2-6-18(17)28-19)16-13-20(23-9-3-4-10-23)25(14-16)24-11-7-22-8-12-24/h1-6,9-10,16,19-20,22H,7-8,11-15H2. The zero-order chi connectivity index (χ0) is 18.9. The summed E-state index contributed by atoms with van der Waals surface area (Å²) in [5, 5.41) is 8.17. The van der Waals surface area contributed by atoms with Gasteiger partial charge in [-0.1, -0.05) is 12.1 Å². The van der Waals surface area contributed by atoms with Gasteiger partial charge < -0.3 is 19.4 Å². The Bertz CT molecular complexity index is 819. The molecule has 5 rings (SSSR count). The number of hydrazine groups is 1. The number of nitrogens with one attached hydrogen (secondary N) is 1. The third-order valence-corrected chi connectivity index (χ3v) is 5.90. The van der Waals surface area contributed by atoms with Crippen molar-refractivity contribution in [3.05, 3.63) is 48.8 Å². The molecule has 7 nitrogen and oxygen atoms in total. The number of hydrogen-bond acceptors (Lipinski definition) is 6. The van der Waals surface area contributed by atoms with E-state index < -0.39 is 6.10 Å². The number of hydrogen-bond donors (Lipinski definition) is 1. The summed E-state index contributed by atoms with van der Waals surface area (Å²) in [6.07, 6.45) is 4.60. The lowest BCUT2D eigenvalue weighted by atomic mass is 9.98. The molecule has 3 unspecified atom stereocenters. The first-order valence-corrected chi connectivity index (χ1v) is 10.1.